The zero-order valence-electron chi connectivity index (χ0n) is 7.49. The van der Waals surface area contributed by atoms with Crippen molar-refractivity contribution in [2.45, 2.75) is 26.8 Å². The van der Waals surface area contributed by atoms with Crippen LogP contribution >= 0.6 is 0 Å². The highest BCUT2D eigenvalue weighted by molar-refractivity contribution is 5.48. The Morgan fingerprint density at radius 2 is 1.82 bits per heavy atom. The maximum absolute atomic E-state index is 3.94. The van der Waals surface area contributed by atoms with E-state index in [1.165, 1.54) is 11.1 Å². The number of allylic oxidation sites excluding steroid dienone is 1. The van der Waals surface area contributed by atoms with Gasteiger partial charge in [0.1, 0.15) is 0 Å². The van der Waals surface area contributed by atoms with Gasteiger partial charge in [-0.25, -0.2) is 0 Å². The first-order chi connectivity index (χ1) is 5.04. The normalized spacial score (nSPS) is 25.5. The highest BCUT2D eigenvalue weighted by Crippen LogP contribution is 2.25. The lowest BCUT2D eigenvalue weighted by Gasteiger charge is -2.27. The van der Waals surface area contributed by atoms with Gasteiger partial charge < -0.3 is 5.32 Å². The van der Waals surface area contributed by atoms with Crippen LogP contribution in [0.5, 0.6) is 0 Å². The van der Waals surface area contributed by atoms with Crippen molar-refractivity contribution in [3.8, 4) is 0 Å². The summed E-state index contributed by atoms with van der Waals surface area (Å²) in [7, 11) is 0. The summed E-state index contributed by atoms with van der Waals surface area (Å²) in [6.45, 7) is 14.2. The zero-order chi connectivity index (χ0) is 8.59. The van der Waals surface area contributed by atoms with Crippen molar-refractivity contribution in [2.75, 3.05) is 0 Å². The zero-order valence-corrected chi connectivity index (χ0v) is 7.49. The molecule has 0 fully saturated rings. The lowest BCUT2D eigenvalue weighted by Crippen LogP contribution is -2.31. The van der Waals surface area contributed by atoms with E-state index in [9.17, 15) is 0 Å². The molecule has 1 nitrogen and oxygen atoms in total. The van der Waals surface area contributed by atoms with E-state index >= 15 is 0 Å². The summed E-state index contributed by atoms with van der Waals surface area (Å²) >= 11 is 0. The maximum Gasteiger partial charge on any atom is 0.0448 e. The standard InChI is InChI=1S/C10H15N/c1-6-7(2)9(4)11-10(5)8(6)3/h10-11H,2,4H2,1,3,5H3. The Morgan fingerprint density at radius 1 is 1.27 bits per heavy atom. The summed E-state index contributed by atoms with van der Waals surface area (Å²) in [5.41, 5.74) is 4.64. The van der Waals surface area contributed by atoms with E-state index in [4.69, 9.17) is 0 Å². The number of rotatable bonds is 0. The minimum Gasteiger partial charge on any atom is -0.379 e. The van der Waals surface area contributed by atoms with Crippen LogP contribution in [0.15, 0.2) is 35.6 Å². The minimum absolute atomic E-state index is 0.410. The molecule has 0 amide bonds. The van der Waals surface area contributed by atoms with Gasteiger partial charge in [0.05, 0.1) is 0 Å². The van der Waals surface area contributed by atoms with Crippen LogP contribution in [0.3, 0.4) is 0 Å². The molecule has 1 atom stereocenters. The fraction of sp³-hybridized carbons (Fsp3) is 0.400. The monoisotopic (exact) mass is 149 g/mol. The van der Waals surface area contributed by atoms with E-state index in [2.05, 4.69) is 39.2 Å². The molecule has 0 saturated carbocycles. The van der Waals surface area contributed by atoms with Crippen LogP contribution in [-0.2, 0) is 0 Å². The van der Waals surface area contributed by atoms with E-state index in [-0.39, 0.29) is 0 Å². The van der Waals surface area contributed by atoms with Crippen LogP contribution < -0.4 is 5.32 Å². The van der Waals surface area contributed by atoms with Gasteiger partial charge in [0, 0.05) is 11.7 Å². The van der Waals surface area contributed by atoms with Crippen LogP contribution in [0.4, 0.5) is 0 Å². The van der Waals surface area contributed by atoms with Crippen LogP contribution in [0, 0.1) is 0 Å². The predicted octanol–water partition coefficient (Wildman–Crippen LogP) is 2.38. The summed E-state index contributed by atoms with van der Waals surface area (Å²) in [6.07, 6.45) is 0. The molecule has 1 unspecified atom stereocenters. The molecule has 1 heterocycles. The molecule has 1 aliphatic rings. The van der Waals surface area contributed by atoms with E-state index in [0.717, 1.165) is 11.3 Å². The first-order valence-electron chi connectivity index (χ1n) is 3.86. The molecule has 1 aliphatic heterocycles. The molecule has 1 N–H and O–H groups in total. The van der Waals surface area contributed by atoms with Crippen molar-refractivity contribution in [2.24, 2.45) is 0 Å². The number of nitrogens with one attached hydrogen (secondary N) is 1. The highest BCUT2D eigenvalue weighted by Gasteiger charge is 2.17. The van der Waals surface area contributed by atoms with Crippen molar-refractivity contribution in [3.05, 3.63) is 35.6 Å². The smallest absolute Gasteiger partial charge is 0.0448 e. The van der Waals surface area contributed by atoms with E-state index < -0.39 is 0 Å². The molecule has 1 rings (SSSR count). The molecule has 1 heteroatoms. The number of hydrogen-bond donors (Lipinski definition) is 1. The molecule has 0 aliphatic carbocycles. The van der Waals surface area contributed by atoms with Gasteiger partial charge in [-0.15, -0.1) is 0 Å². The molecule has 11 heavy (non-hydrogen) atoms. The summed E-state index contributed by atoms with van der Waals surface area (Å²) in [5.74, 6) is 0. The Hall–Kier alpha value is -0.980. The minimum atomic E-state index is 0.410. The lowest BCUT2D eigenvalue weighted by atomic mass is 9.93. The van der Waals surface area contributed by atoms with Gasteiger partial charge in [-0.05, 0) is 37.5 Å². The average molecular weight is 149 g/mol. The predicted molar refractivity (Wildman–Crippen MR) is 49.3 cm³/mol. The summed E-state index contributed by atoms with van der Waals surface area (Å²) in [6, 6.07) is 0.410. The Labute approximate surface area is 68.5 Å². The topological polar surface area (TPSA) is 12.0 Å². The largest absolute Gasteiger partial charge is 0.379 e. The number of hydrogen-bond acceptors (Lipinski definition) is 1. The Bertz CT molecular complexity index is 246. The molecule has 0 aromatic carbocycles. The molecule has 0 spiro atoms. The van der Waals surface area contributed by atoms with E-state index in [1.807, 2.05) is 0 Å². The van der Waals surface area contributed by atoms with Gasteiger partial charge in [-0.1, -0.05) is 13.2 Å². The second-order valence-corrected chi connectivity index (χ2v) is 3.13. The van der Waals surface area contributed by atoms with Gasteiger partial charge in [0.15, 0.2) is 0 Å². The molecular weight excluding hydrogens is 134 g/mol. The third kappa shape index (κ3) is 1.23. The average Bonchev–Trinajstić information content (AvgIpc) is 1.97. The summed E-state index contributed by atoms with van der Waals surface area (Å²) < 4.78 is 0. The Morgan fingerprint density at radius 3 is 2.36 bits per heavy atom. The van der Waals surface area contributed by atoms with Crippen molar-refractivity contribution in [1.82, 2.24) is 5.32 Å². The summed E-state index contributed by atoms with van der Waals surface area (Å²) in [5, 5.41) is 3.26. The van der Waals surface area contributed by atoms with Crippen LogP contribution in [0.25, 0.3) is 0 Å². The lowest BCUT2D eigenvalue weighted by molar-refractivity contribution is 0.675. The third-order valence-corrected chi connectivity index (χ3v) is 2.45. The fourth-order valence-corrected chi connectivity index (χ4v) is 1.25. The quantitative estimate of drug-likeness (QED) is 0.557. The fourth-order valence-electron chi connectivity index (χ4n) is 1.25. The molecule has 0 radical (unpaired) electrons. The highest BCUT2D eigenvalue weighted by atomic mass is 14.9. The van der Waals surface area contributed by atoms with Crippen LogP contribution in [0.1, 0.15) is 20.8 Å². The van der Waals surface area contributed by atoms with Crippen molar-refractivity contribution < 1.29 is 0 Å². The molecule has 0 aromatic heterocycles. The van der Waals surface area contributed by atoms with Crippen LogP contribution in [0.2, 0.25) is 0 Å². The first kappa shape index (κ1) is 8.12. The second kappa shape index (κ2) is 2.57. The maximum atomic E-state index is 3.94. The van der Waals surface area contributed by atoms with Crippen molar-refractivity contribution >= 4 is 0 Å². The van der Waals surface area contributed by atoms with Crippen molar-refractivity contribution in [1.29, 1.82) is 0 Å². The second-order valence-electron chi connectivity index (χ2n) is 3.13. The van der Waals surface area contributed by atoms with Crippen LogP contribution in [-0.4, -0.2) is 6.04 Å². The van der Waals surface area contributed by atoms with Gasteiger partial charge >= 0.3 is 0 Å². The van der Waals surface area contributed by atoms with Crippen molar-refractivity contribution in [3.63, 3.8) is 0 Å². The molecule has 0 bridgehead atoms. The molecule has 60 valence electrons. The van der Waals surface area contributed by atoms with Gasteiger partial charge in [-0.2, -0.15) is 0 Å². The molecule has 0 saturated heterocycles. The van der Waals surface area contributed by atoms with Gasteiger partial charge in [0.2, 0.25) is 0 Å². The van der Waals surface area contributed by atoms with E-state index in [1.54, 1.807) is 0 Å². The SMILES string of the molecule is C=C1NC(C)C(C)=C(C)C1=C. The first-order valence-corrected chi connectivity index (χ1v) is 3.86. The van der Waals surface area contributed by atoms with Gasteiger partial charge in [-0.3, -0.25) is 0 Å². The third-order valence-electron chi connectivity index (χ3n) is 2.45. The Balaban J connectivity index is 3.08. The molecular formula is C10H15N. The molecule has 0 aromatic rings. The van der Waals surface area contributed by atoms with E-state index in [0.29, 0.717) is 6.04 Å². The summed E-state index contributed by atoms with van der Waals surface area (Å²) in [4.78, 5) is 0. The van der Waals surface area contributed by atoms with Gasteiger partial charge in [0.25, 0.3) is 0 Å². The Kier molecular flexibility index (Phi) is 1.90.